The van der Waals surface area contributed by atoms with E-state index < -0.39 is 23.8 Å². The van der Waals surface area contributed by atoms with Gasteiger partial charge in [0.2, 0.25) is 5.91 Å². The molecular formula is C22H26ClFN2O4. The lowest BCUT2D eigenvalue weighted by atomic mass is 9.49. The molecule has 4 bridgehead atoms. The lowest BCUT2D eigenvalue weighted by molar-refractivity contribution is -0.155. The summed E-state index contributed by atoms with van der Waals surface area (Å²) in [6.07, 6.45) is 5.36. The van der Waals surface area contributed by atoms with Gasteiger partial charge in [-0.15, -0.1) is 0 Å². The smallest absolute Gasteiger partial charge is 0.326 e. The van der Waals surface area contributed by atoms with Crippen molar-refractivity contribution in [1.29, 1.82) is 0 Å². The van der Waals surface area contributed by atoms with E-state index in [2.05, 4.69) is 10.6 Å². The van der Waals surface area contributed by atoms with Gasteiger partial charge >= 0.3 is 5.97 Å². The molecule has 0 radical (unpaired) electrons. The average Bonchev–Trinajstić information content (AvgIpc) is 2.67. The number of carbonyl (C=O) groups excluding carboxylic acids is 3. The van der Waals surface area contributed by atoms with Crippen molar-refractivity contribution in [2.75, 3.05) is 11.9 Å². The number of nitrogens with one attached hydrogen (secondary N) is 2. The lowest BCUT2D eigenvalue weighted by Crippen LogP contribution is -2.54. The molecule has 4 aliphatic carbocycles. The van der Waals surface area contributed by atoms with E-state index in [9.17, 15) is 18.8 Å². The van der Waals surface area contributed by atoms with Crippen molar-refractivity contribution in [1.82, 2.24) is 5.32 Å². The number of halogens is 2. The van der Waals surface area contributed by atoms with Crippen LogP contribution in [0.2, 0.25) is 5.02 Å². The highest BCUT2D eigenvalue weighted by Crippen LogP contribution is 2.60. The molecular weight excluding hydrogens is 411 g/mol. The largest absolute Gasteiger partial charge is 0.451 e. The Labute approximate surface area is 179 Å². The first-order valence-electron chi connectivity index (χ1n) is 10.5. The van der Waals surface area contributed by atoms with Crippen LogP contribution >= 0.6 is 11.6 Å². The Morgan fingerprint density at radius 3 is 2.33 bits per heavy atom. The van der Waals surface area contributed by atoms with Gasteiger partial charge in [-0.1, -0.05) is 11.6 Å². The van der Waals surface area contributed by atoms with Gasteiger partial charge in [-0.25, -0.2) is 4.39 Å². The zero-order valence-electron chi connectivity index (χ0n) is 16.9. The molecule has 0 heterocycles. The molecule has 2 amide bonds. The molecule has 4 fully saturated rings. The molecule has 162 valence electrons. The predicted octanol–water partition coefficient (Wildman–Crippen LogP) is 3.68. The van der Waals surface area contributed by atoms with Crippen LogP contribution in [0.4, 0.5) is 10.1 Å². The van der Waals surface area contributed by atoms with Gasteiger partial charge in [0.15, 0.2) is 6.10 Å². The summed E-state index contributed by atoms with van der Waals surface area (Å²) in [7, 11) is 0. The predicted molar refractivity (Wildman–Crippen MR) is 109 cm³/mol. The van der Waals surface area contributed by atoms with Gasteiger partial charge in [0.1, 0.15) is 12.4 Å². The number of carbonyl (C=O) groups is 3. The van der Waals surface area contributed by atoms with Crippen LogP contribution in [0.5, 0.6) is 0 Å². The Hall–Kier alpha value is -2.15. The number of hydrogen-bond acceptors (Lipinski definition) is 4. The lowest BCUT2D eigenvalue weighted by Gasteiger charge is -2.55. The van der Waals surface area contributed by atoms with E-state index in [1.54, 1.807) is 0 Å². The van der Waals surface area contributed by atoms with Gasteiger partial charge in [0.05, 0.1) is 10.7 Å². The molecule has 1 atom stereocenters. The van der Waals surface area contributed by atoms with Gasteiger partial charge in [0, 0.05) is 5.41 Å². The van der Waals surface area contributed by atoms with Crippen LogP contribution in [0.1, 0.15) is 45.4 Å². The third-order valence-corrected chi connectivity index (χ3v) is 7.09. The molecule has 2 N–H and O–H groups in total. The van der Waals surface area contributed by atoms with Gasteiger partial charge in [-0.3, -0.25) is 14.4 Å². The van der Waals surface area contributed by atoms with Crippen LogP contribution in [0.15, 0.2) is 18.2 Å². The van der Waals surface area contributed by atoms with Crippen molar-refractivity contribution in [2.45, 2.75) is 51.6 Å². The van der Waals surface area contributed by atoms with Crippen molar-refractivity contribution < 1.29 is 23.5 Å². The van der Waals surface area contributed by atoms with Crippen molar-refractivity contribution in [2.24, 2.45) is 23.2 Å². The van der Waals surface area contributed by atoms with Crippen molar-refractivity contribution in [3.8, 4) is 0 Å². The molecule has 1 aromatic carbocycles. The van der Waals surface area contributed by atoms with E-state index in [1.807, 2.05) is 0 Å². The van der Waals surface area contributed by atoms with Crippen molar-refractivity contribution >= 4 is 35.1 Å². The summed E-state index contributed by atoms with van der Waals surface area (Å²) in [6, 6.07) is 3.57. The van der Waals surface area contributed by atoms with Gasteiger partial charge < -0.3 is 15.4 Å². The first kappa shape index (κ1) is 21.1. The maximum Gasteiger partial charge on any atom is 0.326 e. The fourth-order valence-electron chi connectivity index (χ4n) is 5.85. The molecule has 0 spiro atoms. The summed E-state index contributed by atoms with van der Waals surface area (Å²) in [5.41, 5.74) is -0.113. The number of ether oxygens (including phenoxy) is 1. The maximum atomic E-state index is 13.1. The van der Waals surface area contributed by atoms with Gasteiger partial charge in [0.25, 0.3) is 5.91 Å². The standard InChI is InChI=1S/C22H26ClFN2O4/c1-12(20(28)26-18-3-2-16(24)7-17(18)23)30-19(27)11-25-21(29)22-8-13-4-14(9-22)6-15(5-13)10-22/h2-3,7,12-15H,4-6,8-11H2,1H3,(H,25,29)(H,26,28)/t12-,13?,14?,15?,22?/m0/s1. The zero-order valence-corrected chi connectivity index (χ0v) is 17.6. The molecule has 4 aliphatic rings. The number of benzene rings is 1. The highest BCUT2D eigenvalue weighted by Gasteiger charge is 2.54. The Kier molecular flexibility index (Phi) is 5.75. The minimum absolute atomic E-state index is 0.0460. The van der Waals surface area contributed by atoms with E-state index in [-0.39, 0.29) is 28.6 Å². The molecule has 0 aliphatic heterocycles. The molecule has 0 unspecified atom stereocenters. The highest BCUT2D eigenvalue weighted by atomic mass is 35.5. The van der Waals surface area contributed by atoms with Crippen molar-refractivity contribution in [3.63, 3.8) is 0 Å². The molecule has 8 heteroatoms. The second-order valence-corrected chi connectivity index (χ2v) is 9.53. The summed E-state index contributed by atoms with van der Waals surface area (Å²) in [5, 5.41) is 5.28. The van der Waals surface area contributed by atoms with Gasteiger partial charge in [-0.05, 0) is 81.4 Å². The van der Waals surface area contributed by atoms with Gasteiger partial charge in [-0.2, -0.15) is 0 Å². The van der Waals surface area contributed by atoms with Crippen LogP contribution < -0.4 is 10.6 Å². The minimum Gasteiger partial charge on any atom is -0.451 e. The number of hydrogen-bond donors (Lipinski definition) is 2. The molecule has 5 rings (SSSR count). The van der Waals surface area contributed by atoms with Crippen LogP contribution in [0.25, 0.3) is 0 Å². The van der Waals surface area contributed by atoms with Crippen LogP contribution in [0, 0.1) is 29.0 Å². The fourth-order valence-corrected chi connectivity index (χ4v) is 6.06. The minimum atomic E-state index is -1.09. The van der Waals surface area contributed by atoms with Crippen LogP contribution in [-0.2, 0) is 19.1 Å². The second-order valence-electron chi connectivity index (χ2n) is 9.13. The summed E-state index contributed by atoms with van der Waals surface area (Å²) in [4.78, 5) is 37.3. The fraction of sp³-hybridized carbons (Fsp3) is 0.591. The quantitative estimate of drug-likeness (QED) is 0.666. The summed E-state index contributed by atoms with van der Waals surface area (Å²) in [5.74, 6) is 0.0501. The summed E-state index contributed by atoms with van der Waals surface area (Å²) < 4.78 is 18.2. The number of anilines is 1. The first-order valence-corrected chi connectivity index (χ1v) is 10.9. The summed E-state index contributed by atoms with van der Waals surface area (Å²) in [6.45, 7) is 1.15. The second kappa shape index (κ2) is 8.17. The molecule has 4 saturated carbocycles. The van der Waals surface area contributed by atoms with Crippen molar-refractivity contribution in [3.05, 3.63) is 29.0 Å². The molecule has 1 aromatic rings. The number of amides is 2. The zero-order chi connectivity index (χ0) is 21.5. The van der Waals surface area contributed by atoms with E-state index >= 15 is 0 Å². The monoisotopic (exact) mass is 436 g/mol. The van der Waals surface area contributed by atoms with Crippen LogP contribution in [0.3, 0.4) is 0 Å². The first-order chi connectivity index (χ1) is 14.2. The topological polar surface area (TPSA) is 84.5 Å². The third kappa shape index (κ3) is 4.31. The van der Waals surface area contributed by atoms with E-state index in [4.69, 9.17) is 16.3 Å². The third-order valence-electron chi connectivity index (χ3n) is 6.78. The number of esters is 1. The Morgan fingerprint density at radius 2 is 1.77 bits per heavy atom. The van der Waals surface area contributed by atoms with E-state index in [0.29, 0.717) is 17.8 Å². The Morgan fingerprint density at radius 1 is 1.17 bits per heavy atom. The van der Waals surface area contributed by atoms with E-state index in [0.717, 1.165) is 31.4 Å². The molecule has 6 nitrogen and oxygen atoms in total. The normalized spacial score (nSPS) is 29.9. The molecule has 0 saturated heterocycles. The Balaban J connectivity index is 1.26. The highest BCUT2D eigenvalue weighted by molar-refractivity contribution is 6.33. The van der Waals surface area contributed by atoms with E-state index in [1.165, 1.54) is 32.3 Å². The molecule has 30 heavy (non-hydrogen) atoms. The van der Waals surface area contributed by atoms with Crippen LogP contribution in [-0.4, -0.2) is 30.4 Å². The Bertz CT molecular complexity index is 839. The number of rotatable bonds is 6. The maximum absolute atomic E-state index is 13.1. The molecule has 0 aromatic heterocycles. The SMILES string of the molecule is C[C@H](OC(=O)CNC(=O)C12CC3CC(CC(C3)C1)C2)C(=O)Nc1ccc(F)cc1Cl. The average molecular weight is 437 g/mol. The summed E-state index contributed by atoms with van der Waals surface area (Å²) >= 11 is 5.89.